The van der Waals surface area contributed by atoms with Crippen molar-refractivity contribution in [3.8, 4) is 0 Å². The minimum atomic E-state index is -3.60. The van der Waals surface area contributed by atoms with Gasteiger partial charge in [-0.2, -0.15) is 4.31 Å². The lowest BCUT2D eigenvalue weighted by molar-refractivity contribution is 0.0825. The maximum atomic E-state index is 12.9. The predicted molar refractivity (Wildman–Crippen MR) is 81.6 cm³/mol. The SMILES string of the molecule is CC1CCN(S(=O)(=O)c2ncn(C)c2Cl)C2CCCCC12. The molecule has 7 heteroatoms. The number of aryl methyl sites for hydroxylation is 1. The summed E-state index contributed by atoms with van der Waals surface area (Å²) >= 11 is 6.11. The van der Waals surface area contributed by atoms with Gasteiger partial charge in [-0.15, -0.1) is 0 Å². The molecule has 0 radical (unpaired) electrons. The summed E-state index contributed by atoms with van der Waals surface area (Å²) in [4.78, 5) is 4.02. The number of aromatic nitrogens is 2. The molecule has 1 saturated carbocycles. The number of hydrogen-bond donors (Lipinski definition) is 0. The third kappa shape index (κ3) is 2.51. The maximum absolute atomic E-state index is 12.9. The van der Waals surface area contributed by atoms with E-state index in [0.717, 1.165) is 25.7 Å². The van der Waals surface area contributed by atoms with Crippen LogP contribution in [0.25, 0.3) is 0 Å². The van der Waals surface area contributed by atoms with E-state index in [0.29, 0.717) is 18.4 Å². The Bertz CT molecular complexity index is 628. The molecule has 0 N–H and O–H groups in total. The average Bonchev–Trinajstić information content (AvgIpc) is 2.80. The molecule has 0 aromatic carbocycles. The minimum absolute atomic E-state index is 0.00513. The highest BCUT2D eigenvalue weighted by atomic mass is 35.5. The third-order valence-electron chi connectivity index (χ3n) is 5.07. The van der Waals surface area contributed by atoms with Crippen molar-refractivity contribution in [2.75, 3.05) is 6.54 Å². The van der Waals surface area contributed by atoms with Gasteiger partial charge in [0, 0.05) is 19.6 Å². The quantitative estimate of drug-likeness (QED) is 0.837. The Morgan fingerprint density at radius 1 is 1.29 bits per heavy atom. The van der Waals surface area contributed by atoms with E-state index in [2.05, 4.69) is 11.9 Å². The molecular weight excluding hydrogens is 310 g/mol. The molecule has 3 atom stereocenters. The largest absolute Gasteiger partial charge is 0.324 e. The summed E-state index contributed by atoms with van der Waals surface area (Å²) in [7, 11) is -1.89. The molecule has 5 nitrogen and oxygen atoms in total. The van der Waals surface area contributed by atoms with Gasteiger partial charge in [-0.1, -0.05) is 31.4 Å². The average molecular weight is 332 g/mol. The minimum Gasteiger partial charge on any atom is -0.324 e. The zero-order valence-corrected chi connectivity index (χ0v) is 14.1. The standard InChI is InChI=1S/C14H22ClN3O2S/c1-10-7-8-18(12-6-4-3-5-11(10)12)21(19,20)14-13(15)17(2)9-16-14/h9-12H,3-8H2,1-2H3. The van der Waals surface area contributed by atoms with Crippen LogP contribution in [0.2, 0.25) is 5.15 Å². The molecule has 1 aromatic heterocycles. The molecule has 3 rings (SSSR count). The smallest absolute Gasteiger partial charge is 0.263 e. The van der Waals surface area contributed by atoms with Gasteiger partial charge >= 0.3 is 0 Å². The predicted octanol–water partition coefficient (Wildman–Crippen LogP) is 2.66. The van der Waals surface area contributed by atoms with Gasteiger partial charge in [-0.25, -0.2) is 13.4 Å². The highest BCUT2D eigenvalue weighted by Crippen LogP contribution is 2.41. The topological polar surface area (TPSA) is 55.2 Å². The Balaban J connectivity index is 1.96. The number of piperidine rings is 1. The first-order chi connectivity index (χ1) is 9.93. The highest BCUT2D eigenvalue weighted by Gasteiger charge is 2.44. The van der Waals surface area contributed by atoms with Crippen LogP contribution >= 0.6 is 11.6 Å². The van der Waals surface area contributed by atoms with E-state index < -0.39 is 10.0 Å². The van der Waals surface area contributed by atoms with E-state index in [-0.39, 0.29) is 16.2 Å². The van der Waals surface area contributed by atoms with E-state index in [4.69, 9.17) is 11.6 Å². The molecular formula is C14H22ClN3O2S. The van der Waals surface area contributed by atoms with Crippen LogP contribution in [0, 0.1) is 11.8 Å². The number of rotatable bonds is 2. The van der Waals surface area contributed by atoms with Gasteiger partial charge < -0.3 is 4.57 Å². The fourth-order valence-corrected chi connectivity index (χ4v) is 5.96. The first kappa shape index (κ1) is 15.3. The molecule has 2 fully saturated rings. The summed E-state index contributed by atoms with van der Waals surface area (Å²) < 4.78 is 29.1. The molecule has 0 amide bonds. The van der Waals surface area contributed by atoms with Gasteiger partial charge in [0.1, 0.15) is 5.15 Å². The molecule has 0 spiro atoms. The van der Waals surface area contributed by atoms with Crippen molar-refractivity contribution in [1.82, 2.24) is 13.9 Å². The van der Waals surface area contributed by atoms with Crippen molar-refractivity contribution < 1.29 is 8.42 Å². The Hall–Kier alpha value is -0.590. The monoisotopic (exact) mass is 331 g/mol. The van der Waals surface area contributed by atoms with Crippen molar-refractivity contribution in [2.45, 2.75) is 50.1 Å². The summed E-state index contributed by atoms with van der Waals surface area (Å²) in [6.45, 7) is 2.83. The Labute approximate surface area is 131 Å². The van der Waals surface area contributed by atoms with E-state index in [9.17, 15) is 8.42 Å². The molecule has 1 aliphatic carbocycles. The first-order valence-corrected chi connectivity index (χ1v) is 9.43. The van der Waals surface area contributed by atoms with Gasteiger partial charge in [-0.05, 0) is 31.1 Å². The third-order valence-corrected chi connectivity index (χ3v) is 7.49. The molecule has 118 valence electrons. The number of imidazole rings is 1. The number of nitrogens with zero attached hydrogens (tertiary/aromatic N) is 3. The number of hydrogen-bond acceptors (Lipinski definition) is 3. The van der Waals surface area contributed by atoms with Crippen molar-refractivity contribution in [3.05, 3.63) is 11.5 Å². The zero-order valence-electron chi connectivity index (χ0n) is 12.5. The van der Waals surface area contributed by atoms with Crippen molar-refractivity contribution in [1.29, 1.82) is 0 Å². The van der Waals surface area contributed by atoms with Gasteiger partial charge in [0.25, 0.3) is 10.0 Å². The van der Waals surface area contributed by atoms with Gasteiger partial charge in [0.15, 0.2) is 0 Å². The van der Waals surface area contributed by atoms with Gasteiger partial charge in [0.2, 0.25) is 5.03 Å². The summed E-state index contributed by atoms with van der Waals surface area (Å²) in [5, 5.41) is 0.200. The molecule has 2 aliphatic rings. The molecule has 3 unspecified atom stereocenters. The summed E-state index contributed by atoms with van der Waals surface area (Å²) in [5.74, 6) is 1.07. The molecule has 1 aromatic rings. The molecule has 21 heavy (non-hydrogen) atoms. The van der Waals surface area contributed by atoms with Crippen LogP contribution in [-0.4, -0.2) is 34.9 Å². The summed E-state index contributed by atoms with van der Waals surface area (Å²) in [6, 6.07) is 0.116. The van der Waals surface area contributed by atoms with Crippen LogP contribution in [-0.2, 0) is 17.1 Å². The van der Waals surface area contributed by atoms with Crippen molar-refractivity contribution in [3.63, 3.8) is 0 Å². The lowest BCUT2D eigenvalue weighted by Crippen LogP contribution is -2.52. The fourth-order valence-electron chi connectivity index (χ4n) is 3.85. The Kier molecular flexibility index (Phi) is 4.05. The number of fused-ring (bicyclic) bond motifs is 1. The van der Waals surface area contributed by atoms with E-state index in [1.807, 2.05) is 0 Å². The fraction of sp³-hybridized carbons (Fsp3) is 0.786. The van der Waals surface area contributed by atoms with Crippen molar-refractivity contribution >= 4 is 21.6 Å². The van der Waals surface area contributed by atoms with Gasteiger partial charge in [0.05, 0.1) is 6.33 Å². The van der Waals surface area contributed by atoms with E-state index in [1.165, 1.54) is 12.7 Å². The van der Waals surface area contributed by atoms with E-state index in [1.54, 1.807) is 15.9 Å². The molecule has 2 heterocycles. The van der Waals surface area contributed by atoms with Crippen LogP contribution in [0.15, 0.2) is 11.4 Å². The zero-order chi connectivity index (χ0) is 15.2. The molecule has 1 saturated heterocycles. The number of sulfonamides is 1. The second-order valence-corrected chi connectivity index (χ2v) is 8.51. The van der Waals surface area contributed by atoms with Crippen molar-refractivity contribution in [2.24, 2.45) is 18.9 Å². The lowest BCUT2D eigenvalue weighted by Gasteiger charge is -2.46. The van der Waals surface area contributed by atoms with Crippen LogP contribution in [0.5, 0.6) is 0 Å². The number of halogens is 1. The van der Waals surface area contributed by atoms with Crippen LogP contribution < -0.4 is 0 Å². The second kappa shape index (κ2) is 5.56. The second-order valence-electron chi connectivity index (χ2n) is 6.35. The Morgan fingerprint density at radius 3 is 2.67 bits per heavy atom. The normalized spacial score (nSPS) is 31.1. The first-order valence-electron chi connectivity index (χ1n) is 7.61. The van der Waals surface area contributed by atoms with Crippen LogP contribution in [0.4, 0.5) is 0 Å². The van der Waals surface area contributed by atoms with Gasteiger partial charge in [-0.3, -0.25) is 0 Å². The lowest BCUT2D eigenvalue weighted by atomic mass is 9.74. The molecule has 0 bridgehead atoms. The highest BCUT2D eigenvalue weighted by molar-refractivity contribution is 7.89. The summed E-state index contributed by atoms with van der Waals surface area (Å²) in [5.41, 5.74) is 0. The van der Waals surface area contributed by atoms with E-state index >= 15 is 0 Å². The van der Waals surface area contributed by atoms with Crippen LogP contribution in [0.1, 0.15) is 39.0 Å². The molecule has 1 aliphatic heterocycles. The summed E-state index contributed by atoms with van der Waals surface area (Å²) in [6.07, 6.45) is 6.79. The van der Waals surface area contributed by atoms with Crippen LogP contribution in [0.3, 0.4) is 0 Å². The Morgan fingerprint density at radius 2 is 2.00 bits per heavy atom. The maximum Gasteiger partial charge on any atom is 0.263 e.